The maximum atomic E-state index is 12.5. The molecule has 0 saturated carbocycles. The molecule has 2 atom stereocenters. The molecular weight excluding hydrogens is 318 g/mol. The Morgan fingerprint density at radius 2 is 1.96 bits per heavy atom. The molecule has 2 N–H and O–H groups in total. The number of amides is 2. The molecular formula is C16H30ClN3O3. The highest BCUT2D eigenvalue weighted by Crippen LogP contribution is 2.22. The van der Waals surface area contributed by atoms with Crippen molar-refractivity contribution in [3.63, 3.8) is 0 Å². The second-order valence-electron chi connectivity index (χ2n) is 6.09. The topological polar surface area (TPSA) is 70.7 Å². The third-order valence-electron chi connectivity index (χ3n) is 4.32. The van der Waals surface area contributed by atoms with Crippen LogP contribution in [0.4, 0.5) is 0 Å². The van der Waals surface area contributed by atoms with Gasteiger partial charge in [-0.1, -0.05) is 6.92 Å². The molecule has 0 bridgehead atoms. The molecule has 2 unspecified atom stereocenters. The van der Waals surface area contributed by atoms with Crippen molar-refractivity contribution < 1.29 is 14.3 Å². The number of piperidine rings is 1. The van der Waals surface area contributed by atoms with Gasteiger partial charge < -0.3 is 20.3 Å². The van der Waals surface area contributed by atoms with Gasteiger partial charge in [0.2, 0.25) is 5.91 Å². The fourth-order valence-corrected chi connectivity index (χ4v) is 3.12. The van der Waals surface area contributed by atoms with Gasteiger partial charge in [-0.2, -0.15) is 0 Å². The summed E-state index contributed by atoms with van der Waals surface area (Å²) in [5.74, 6) is -0.0224. The summed E-state index contributed by atoms with van der Waals surface area (Å²) in [6.45, 7) is 5.78. The highest BCUT2D eigenvalue weighted by molar-refractivity contribution is 5.89. The Hall–Kier alpha value is -0.850. The van der Waals surface area contributed by atoms with Gasteiger partial charge in [-0.3, -0.25) is 9.59 Å². The smallest absolute Gasteiger partial charge is 0.252 e. The van der Waals surface area contributed by atoms with Gasteiger partial charge in [-0.15, -0.1) is 12.4 Å². The van der Waals surface area contributed by atoms with E-state index in [-0.39, 0.29) is 36.4 Å². The van der Waals surface area contributed by atoms with E-state index in [2.05, 4.69) is 17.6 Å². The molecule has 134 valence electrons. The van der Waals surface area contributed by atoms with Crippen molar-refractivity contribution in [1.29, 1.82) is 0 Å². The Balaban J connectivity index is 0.00000264. The zero-order valence-electron chi connectivity index (χ0n) is 14.0. The van der Waals surface area contributed by atoms with Gasteiger partial charge in [0.05, 0.1) is 0 Å². The Kier molecular flexibility index (Phi) is 9.52. The van der Waals surface area contributed by atoms with Crippen LogP contribution in [0.25, 0.3) is 0 Å². The maximum absolute atomic E-state index is 12.5. The Labute approximate surface area is 145 Å². The molecule has 6 nitrogen and oxygen atoms in total. The number of ether oxygens (including phenoxy) is 1. The molecule has 2 rings (SSSR count). The van der Waals surface area contributed by atoms with Crippen LogP contribution in [-0.4, -0.2) is 61.6 Å². The largest absolute Gasteiger partial charge is 0.368 e. The van der Waals surface area contributed by atoms with E-state index in [1.54, 1.807) is 4.90 Å². The van der Waals surface area contributed by atoms with E-state index in [4.69, 9.17) is 4.74 Å². The van der Waals surface area contributed by atoms with Crippen LogP contribution in [0.15, 0.2) is 0 Å². The normalized spacial score (nSPS) is 24.1. The van der Waals surface area contributed by atoms with Crippen molar-refractivity contribution in [2.45, 2.75) is 57.6 Å². The molecule has 0 aromatic rings. The van der Waals surface area contributed by atoms with Gasteiger partial charge in [0.25, 0.3) is 5.91 Å². The minimum Gasteiger partial charge on any atom is -0.368 e. The fourth-order valence-electron chi connectivity index (χ4n) is 3.12. The van der Waals surface area contributed by atoms with E-state index >= 15 is 0 Å². The van der Waals surface area contributed by atoms with E-state index in [1.165, 1.54) is 0 Å². The average molecular weight is 348 g/mol. The third-order valence-corrected chi connectivity index (χ3v) is 4.32. The van der Waals surface area contributed by atoms with Crippen molar-refractivity contribution in [2.75, 3.05) is 32.8 Å². The first kappa shape index (κ1) is 20.2. The molecule has 0 aliphatic carbocycles. The standard InChI is InChI=1S/C16H29N3O3.ClH/c1-2-8-17-9-10-18-15(20)13-6-3-4-11-19(13)16(21)14-7-5-12-22-14;/h13-14,17H,2-12H2,1H3,(H,18,20);1H. The van der Waals surface area contributed by atoms with Crippen molar-refractivity contribution in [3.8, 4) is 0 Å². The summed E-state index contributed by atoms with van der Waals surface area (Å²) in [6.07, 6.45) is 5.20. The number of carbonyl (C=O) groups excluding carboxylic acids is 2. The van der Waals surface area contributed by atoms with E-state index < -0.39 is 0 Å². The Morgan fingerprint density at radius 3 is 2.65 bits per heavy atom. The van der Waals surface area contributed by atoms with E-state index in [0.717, 1.165) is 51.6 Å². The molecule has 7 heteroatoms. The molecule has 2 saturated heterocycles. The van der Waals surface area contributed by atoms with Crippen LogP contribution < -0.4 is 10.6 Å². The summed E-state index contributed by atoms with van der Waals surface area (Å²) >= 11 is 0. The quantitative estimate of drug-likeness (QED) is 0.676. The summed E-state index contributed by atoms with van der Waals surface area (Å²) in [5, 5.41) is 6.21. The minimum absolute atomic E-state index is 0. The summed E-state index contributed by atoms with van der Waals surface area (Å²) < 4.78 is 5.49. The van der Waals surface area contributed by atoms with Crippen LogP contribution in [0, 0.1) is 0 Å². The maximum Gasteiger partial charge on any atom is 0.252 e. The number of halogens is 1. The first-order valence-electron chi connectivity index (χ1n) is 8.64. The van der Waals surface area contributed by atoms with Crippen LogP contribution in [0.5, 0.6) is 0 Å². The van der Waals surface area contributed by atoms with Gasteiger partial charge in [0.1, 0.15) is 12.1 Å². The molecule has 2 heterocycles. The number of nitrogens with zero attached hydrogens (tertiary/aromatic N) is 1. The number of hydrogen-bond donors (Lipinski definition) is 2. The van der Waals surface area contributed by atoms with Crippen LogP contribution in [-0.2, 0) is 14.3 Å². The first-order valence-corrected chi connectivity index (χ1v) is 8.64. The monoisotopic (exact) mass is 347 g/mol. The lowest BCUT2D eigenvalue weighted by atomic mass is 10.00. The molecule has 0 radical (unpaired) electrons. The number of carbonyl (C=O) groups is 2. The van der Waals surface area contributed by atoms with E-state index in [9.17, 15) is 9.59 Å². The molecule has 0 aromatic heterocycles. The summed E-state index contributed by atoms with van der Waals surface area (Å²) in [7, 11) is 0. The molecule has 0 aromatic carbocycles. The van der Waals surface area contributed by atoms with Gasteiger partial charge in [-0.05, 0) is 45.1 Å². The lowest BCUT2D eigenvalue weighted by Crippen LogP contribution is -2.55. The predicted octanol–water partition coefficient (Wildman–Crippen LogP) is 1.08. The molecule has 23 heavy (non-hydrogen) atoms. The summed E-state index contributed by atoms with van der Waals surface area (Å²) in [5.41, 5.74) is 0. The first-order chi connectivity index (χ1) is 10.7. The van der Waals surface area contributed by atoms with Crippen LogP contribution in [0.2, 0.25) is 0 Å². The Morgan fingerprint density at radius 1 is 1.13 bits per heavy atom. The van der Waals surface area contributed by atoms with Crippen molar-refractivity contribution in [3.05, 3.63) is 0 Å². The van der Waals surface area contributed by atoms with Crippen molar-refractivity contribution in [2.24, 2.45) is 0 Å². The summed E-state index contributed by atoms with van der Waals surface area (Å²) in [6, 6.07) is -0.323. The number of hydrogen-bond acceptors (Lipinski definition) is 4. The summed E-state index contributed by atoms with van der Waals surface area (Å²) in [4.78, 5) is 26.7. The van der Waals surface area contributed by atoms with Crippen LogP contribution >= 0.6 is 12.4 Å². The molecule has 0 spiro atoms. The second-order valence-corrected chi connectivity index (χ2v) is 6.09. The van der Waals surface area contributed by atoms with E-state index in [0.29, 0.717) is 19.7 Å². The second kappa shape index (κ2) is 10.8. The highest BCUT2D eigenvalue weighted by Gasteiger charge is 2.36. The van der Waals surface area contributed by atoms with Gasteiger partial charge in [0.15, 0.2) is 0 Å². The SMILES string of the molecule is CCCNCCNC(=O)C1CCCCN1C(=O)C1CCCO1.Cl. The number of rotatable bonds is 7. The van der Waals surface area contributed by atoms with Gasteiger partial charge in [0, 0.05) is 26.2 Å². The number of likely N-dealkylation sites (tertiary alicyclic amines) is 1. The highest BCUT2D eigenvalue weighted by atomic mass is 35.5. The lowest BCUT2D eigenvalue weighted by Gasteiger charge is -2.36. The zero-order chi connectivity index (χ0) is 15.8. The molecule has 2 aliphatic rings. The average Bonchev–Trinajstić information content (AvgIpc) is 3.08. The fraction of sp³-hybridized carbons (Fsp3) is 0.875. The van der Waals surface area contributed by atoms with Gasteiger partial charge in [-0.25, -0.2) is 0 Å². The number of nitrogens with one attached hydrogen (secondary N) is 2. The molecule has 2 aliphatic heterocycles. The van der Waals surface area contributed by atoms with Crippen LogP contribution in [0.3, 0.4) is 0 Å². The van der Waals surface area contributed by atoms with Crippen LogP contribution in [0.1, 0.15) is 45.4 Å². The Bertz CT molecular complexity index is 376. The van der Waals surface area contributed by atoms with E-state index in [1.807, 2.05) is 0 Å². The van der Waals surface area contributed by atoms with Crippen molar-refractivity contribution in [1.82, 2.24) is 15.5 Å². The minimum atomic E-state index is -0.334. The van der Waals surface area contributed by atoms with Crippen molar-refractivity contribution >= 4 is 24.2 Å². The molecule has 2 amide bonds. The lowest BCUT2D eigenvalue weighted by molar-refractivity contribution is -0.149. The third kappa shape index (κ3) is 5.94. The van der Waals surface area contributed by atoms with Gasteiger partial charge >= 0.3 is 0 Å². The predicted molar refractivity (Wildman–Crippen MR) is 91.7 cm³/mol. The zero-order valence-corrected chi connectivity index (χ0v) is 14.8. The molecule has 2 fully saturated rings.